The summed E-state index contributed by atoms with van der Waals surface area (Å²) in [7, 11) is -3.81. The molecule has 11 heteroatoms. The Hall–Kier alpha value is -4.25. The number of nitrogens with zero attached hydrogens (tertiary/aromatic N) is 6. The summed E-state index contributed by atoms with van der Waals surface area (Å²) in [6.45, 7) is 1.93. The molecule has 40 heavy (non-hydrogen) atoms. The second-order valence-electron chi connectivity index (χ2n) is 11.3. The summed E-state index contributed by atoms with van der Waals surface area (Å²) in [5.74, 6) is 0.885. The fraction of sp³-hybridized carbons (Fsp3) is 0.310. The number of fused-ring (bicyclic) bond motifs is 7. The van der Waals surface area contributed by atoms with Crippen LogP contribution in [0.2, 0.25) is 0 Å². The predicted molar refractivity (Wildman–Crippen MR) is 150 cm³/mol. The molecule has 0 radical (unpaired) electrons. The Bertz CT molecular complexity index is 1980. The number of aromatic nitrogens is 6. The Labute approximate surface area is 230 Å². The van der Waals surface area contributed by atoms with Gasteiger partial charge in [0.05, 0.1) is 16.6 Å². The van der Waals surface area contributed by atoms with Gasteiger partial charge in [0.15, 0.2) is 16.9 Å². The van der Waals surface area contributed by atoms with Crippen LogP contribution in [0.3, 0.4) is 0 Å². The van der Waals surface area contributed by atoms with E-state index >= 15 is 0 Å². The predicted octanol–water partition coefficient (Wildman–Crippen LogP) is 5.22. The molecule has 0 aliphatic heterocycles. The molecule has 0 atom stereocenters. The average Bonchev–Trinajstić information content (AvgIpc) is 3.70. The average molecular weight is 554 g/mol. The Morgan fingerprint density at radius 2 is 1.68 bits per heavy atom. The Morgan fingerprint density at radius 3 is 2.42 bits per heavy atom. The molecular formula is C29H27N7O3S. The van der Waals surface area contributed by atoms with Crippen LogP contribution in [0, 0.1) is 6.92 Å². The molecule has 202 valence electrons. The van der Waals surface area contributed by atoms with E-state index in [1.54, 1.807) is 42.7 Å². The lowest BCUT2D eigenvalue weighted by Crippen LogP contribution is -2.53. The summed E-state index contributed by atoms with van der Waals surface area (Å²) in [6.07, 6.45) is 8.87. The first-order chi connectivity index (χ1) is 19.4. The van der Waals surface area contributed by atoms with Crippen LogP contribution in [0.25, 0.3) is 27.9 Å². The van der Waals surface area contributed by atoms with Gasteiger partial charge in [-0.25, -0.2) is 17.4 Å². The molecule has 3 aliphatic rings. The van der Waals surface area contributed by atoms with E-state index in [1.165, 1.54) is 3.97 Å². The Morgan fingerprint density at radius 1 is 0.925 bits per heavy atom. The molecule has 0 spiro atoms. The van der Waals surface area contributed by atoms with Gasteiger partial charge in [-0.3, -0.25) is 4.40 Å². The molecule has 3 saturated carbocycles. The monoisotopic (exact) mass is 553 g/mol. The topological polar surface area (TPSA) is 120 Å². The van der Waals surface area contributed by atoms with Crippen LogP contribution >= 0.6 is 0 Å². The molecule has 0 amide bonds. The van der Waals surface area contributed by atoms with E-state index in [2.05, 4.69) is 25.5 Å². The Kier molecular flexibility index (Phi) is 4.80. The minimum absolute atomic E-state index is 0.0640. The Balaban J connectivity index is 1.14. The minimum atomic E-state index is -3.81. The van der Waals surface area contributed by atoms with Crippen molar-refractivity contribution in [2.24, 2.45) is 0 Å². The second kappa shape index (κ2) is 8.14. The van der Waals surface area contributed by atoms with Gasteiger partial charge in [0.1, 0.15) is 11.3 Å². The van der Waals surface area contributed by atoms with Crippen LogP contribution in [0.15, 0.2) is 76.3 Å². The number of rotatable bonds is 5. The fourth-order valence-corrected chi connectivity index (χ4v) is 7.95. The third-order valence-corrected chi connectivity index (χ3v) is 10.7. The van der Waals surface area contributed by atoms with Gasteiger partial charge < -0.3 is 9.73 Å². The minimum Gasteiger partial charge on any atom is -0.424 e. The maximum absolute atomic E-state index is 13.5. The van der Waals surface area contributed by atoms with Gasteiger partial charge >= 0.3 is 0 Å². The molecule has 3 aliphatic carbocycles. The second-order valence-corrected chi connectivity index (χ2v) is 13.1. The largest absolute Gasteiger partial charge is 0.424 e. The number of aryl methyl sites for hydroxylation is 1. The molecule has 3 fully saturated rings. The number of oxazole rings is 1. The number of benzene rings is 2. The normalized spacial score (nSPS) is 22.9. The van der Waals surface area contributed by atoms with Gasteiger partial charge in [0, 0.05) is 17.2 Å². The molecule has 10 nitrogen and oxygen atoms in total. The molecule has 6 aromatic rings. The van der Waals surface area contributed by atoms with Crippen molar-refractivity contribution in [3.05, 3.63) is 78.4 Å². The molecule has 0 unspecified atom stereocenters. The van der Waals surface area contributed by atoms with Crippen molar-refractivity contribution in [1.29, 1.82) is 0 Å². The number of nitrogens with one attached hydrogen (secondary N) is 1. The van der Waals surface area contributed by atoms with Gasteiger partial charge in [-0.05, 0) is 75.8 Å². The summed E-state index contributed by atoms with van der Waals surface area (Å²) >= 11 is 0. The molecule has 2 aromatic carbocycles. The van der Waals surface area contributed by atoms with Crippen LogP contribution in [0.1, 0.15) is 49.9 Å². The number of anilines is 1. The third-order valence-electron chi connectivity index (χ3n) is 9.00. The van der Waals surface area contributed by atoms with E-state index in [-0.39, 0.29) is 15.8 Å². The zero-order valence-corrected chi connectivity index (χ0v) is 22.7. The molecular weight excluding hydrogens is 526 g/mol. The van der Waals surface area contributed by atoms with Crippen LogP contribution in [0.4, 0.5) is 6.01 Å². The smallest absolute Gasteiger partial charge is 0.296 e. The van der Waals surface area contributed by atoms with Crippen molar-refractivity contribution < 1.29 is 12.8 Å². The molecule has 2 bridgehead atoms. The zero-order valence-electron chi connectivity index (χ0n) is 21.9. The lowest BCUT2D eigenvalue weighted by atomic mass is 9.57. The zero-order chi connectivity index (χ0) is 27.1. The summed E-state index contributed by atoms with van der Waals surface area (Å²) < 4.78 is 36.3. The van der Waals surface area contributed by atoms with Gasteiger partial charge in [-0.15, -0.1) is 10.2 Å². The highest BCUT2D eigenvalue weighted by molar-refractivity contribution is 7.90. The summed E-state index contributed by atoms with van der Waals surface area (Å²) in [4.78, 5) is 9.37. The highest BCUT2D eigenvalue weighted by Crippen LogP contribution is 2.54. The maximum Gasteiger partial charge on any atom is 0.296 e. The van der Waals surface area contributed by atoms with Crippen molar-refractivity contribution >= 4 is 43.9 Å². The first-order valence-electron chi connectivity index (χ1n) is 13.5. The third kappa shape index (κ3) is 3.36. The summed E-state index contributed by atoms with van der Waals surface area (Å²) in [6, 6.07) is 17.0. The molecule has 9 rings (SSSR count). The van der Waals surface area contributed by atoms with Gasteiger partial charge in [-0.2, -0.15) is 4.98 Å². The van der Waals surface area contributed by atoms with E-state index < -0.39 is 10.0 Å². The quantitative estimate of drug-likeness (QED) is 0.308. The van der Waals surface area contributed by atoms with Crippen molar-refractivity contribution in [3.8, 4) is 0 Å². The van der Waals surface area contributed by atoms with Gasteiger partial charge in [-0.1, -0.05) is 29.8 Å². The van der Waals surface area contributed by atoms with Gasteiger partial charge in [0.25, 0.3) is 16.0 Å². The van der Waals surface area contributed by atoms with Crippen LogP contribution < -0.4 is 5.32 Å². The fourth-order valence-electron chi connectivity index (χ4n) is 6.65. The van der Waals surface area contributed by atoms with E-state index in [4.69, 9.17) is 4.42 Å². The van der Waals surface area contributed by atoms with Crippen LogP contribution in [-0.4, -0.2) is 42.5 Å². The van der Waals surface area contributed by atoms with Crippen LogP contribution in [0.5, 0.6) is 0 Å². The van der Waals surface area contributed by atoms with Crippen molar-refractivity contribution in [3.63, 3.8) is 0 Å². The lowest BCUT2D eigenvalue weighted by Gasteiger charge is -2.52. The van der Waals surface area contributed by atoms with Gasteiger partial charge in [0.2, 0.25) is 0 Å². The summed E-state index contributed by atoms with van der Waals surface area (Å²) in [5.41, 5.74) is 4.10. The summed E-state index contributed by atoms with van der Waals surface area (Å²) in [5, 5.41) is 12.8. The van der Waals surface area contributed by atoms with Crippen LogP contribution in [-0.2, 0) is 15.4 Å². The van der Waals surface area contributed by atoms with E-state index in [1.807, 2.05) is 35.6 Å². The number of para-hydroxylation sites is 2. The standard InChI is InChI=1S/C29H27N7O3S/c1-19-6-8-20(9-7-19)40(37,38)35-17-10-22-25(35)30-18-24-33-34-26(36(22)24)28-11-14-29(15-12-28,16-13-28)32-27-31-21-4-2-3-5-23(21)39-27/h2-10,17-18H,11-16H2,1H3,(H,31,32). The number of hydrogen-bond acceptors (Lipinski definition) is 8. The van der Waals surface area contributed by atoms with E-state index in [9.17, 15) is 8.42 Å². The molecule has 0 saturated heterocycles. The molecule has 4 heterocycles. The first-order valence-corrected chi connectivity index (χ1v) is 15.0. The SMILES string of the molecule is Cc1ccc(S(=O)(=O)n2ccc3c2ncc2nnc(C45CCC(Nc6nc7ccccc7o6)(CC4)CC5)n23)cc1. The lowest BCUT2D eigenvalue weighted by molar-refractivity contribution is 0.112. The van der Waals surface area contributed by atoms with E-state index in [0.717, 1.165) is 61.0 Å². The van der Waals surface area contributed by atoms with Crippen molar-refractivity contribution in [2.45, 2.75) is 61.3 Å². The van der Waals surface area contributed by atoms with Crippen molar-refractivity contribution in [2.75, 3.05) is 5.32 Å². The highest BCUT2D eigenvalue weighted by atomic mass is 32.2. The molecule has 4 aromatic heterocycles. The van der Waals surface area contributed by atoms with E-state index in [0.29, 0.717) is 22.8 Å². The first kappa shape index (κ1) is 23.6. The maximum atomic E-state index is 13.5. The molecule has 1 N–H and O–H groups in total. The van der Waals surface area contributed by atoms with Crippen molar-refractivity contribution in [1.82, 2.24) is 28.5 Å². The number of hydrogen-bond donors (Lipinski definition) is 1. The highest BCUT2D eigenvalue weighted by Gasteiger charge is 2.52.